The number of aliphatic hydroxyl groups is 2. The zero-order valence-corrected chi connectivity index (χ0v) is 17.1. The first kappa shape index (κ1) is 24.7. The zero-order valence-electron chi connectivity index (χ0n) is 17.1. The molecule has 0 radical (unpaired) electrons. The van der Waals surface area contributed by atoms with Crippen LogP contribution in [0, 0.1) is 0 Å². The molecular weight excluding hydrogens is 374 g/mol. The number of ether oxygens (including phenoxy) is 5. The molecule has 0 aromatic rings. The van der Waals surface area contributed by atoms with Gasteiger partial charge in [0.1, 0.15) is 24.4 Å². The molecular formula is C18H33NO9. The highest BCUT2D eigenvalue weighted by Crippen LogP contribution is 2.26. The third kappa shape index (κ3) is 6.64. The molecule has 10 nitrogen and oxygen atoms in total. The van der Waals surface area contributed by atoms with Gasteiger partial charge in [0.25, 0.3) is 6.47 Å². The molecule has 1 saturated heterocycles. The van der Waals surface area contributed by atoms with Crippen LogP contribution in [0.25, 0.3) is 0 Å². The van der Waals surface area contributed by atoms with Crippen LogP contribution >= 0.6 is 0 Å². The number of aliphatic hydroxyl groups excluding tert-OH is 2. The average molecular weight is 407 g/mol. The quantitative estimate of drug-likeness (QED) is 0.294. The van der Waals surface area contributed by atoms with Crippen LogP contribution in [0.1, 0.15) is 40.5 Å². The van der Waals surface area contributed by atoms with E-state index in [-0.39, 0.29) is 12.4 Å². The lowest BCUT2D eigenvalue weighted by Crippen LogP contribution is -2.64. The largest absolute Gasteiger partial charge is 0.435 e. The molecule has 0 spiro atoms. The molecule has 1 fully saturated rings. The van der Waals surface area contributed by atoms with Gasteiger partial charge >= 0.3 is 0 Å². The van der Waals surface area contributed by atoms with E-state index >= 15 is 0 Å². The lowest BCUT2D eigenvalue weighted by Gasteiger charge is -2.44. The van der Waals surface area contributed by atoms with E-state index < -0.39 is 55.7 Å². The summed E-state index contributed by atoms with van der Waals surface area (Å²) in [5.41, 5.74) is 0. The van der Waals surface area contributed by atoms with Crippen molar-refractivity contribution >= 4 is 12.4 Å². The fourth-order valence-electron chi connectivity index (χ4n) is 3.16. The molecule has 0 aromatic carbocycles. The third-order valence-electron chi connectivity index (χ3n) is 4.64. The van der Waals surface area contributed by atoms with Gasteiger partial charge in [0, 0.05) is 14.0 Å². The summed E-state index contributed by atoms with van der Waals surface area (Å²) < 4.78 is 27.5. The third-order valence-corrected chi connectivity index (χ3v) is 4.64. The summed E-state index contributed by atoms with van der Waals surface area (Å²) in [6, 6.07) is -0.664. The predicted octanol–water partition coefficient (Wildman–Crippen LogP) is -0.306. The molecule has 0 aliphatic carbocycles. The Bertz CT molecular complexity index is 474. The maximum Gasteiger partial charge on any atom is 0.295 e. The first-order valence-corrected chi connectivity index (χ1v) is 9.47. The number of carbonyl (C=O) groups excluding carboxylic acids is 2. The molecule has 8 atom stereocenters. The number of methoxy groups -OCH3 is 1. The van der Waals surface area contributed by atoms with E-state index in [1.165, 1.54) is 14.0 Å². The summed E-state index contributed by atoms with van der Waals surface area (Å²) in [6.45, 7) is 6.57. The molecule has 0 aromatic heterocycles. The van der Waals surface area contributed by atoms with Crippen molar-refractivity contribution in [3.05, 3.63) is 0 Å². The molecule has 10 heteroatoms. The Balaban J connectivity index is 2.99. The standard InChI is InChI=1S/C18H33NO9/c1-6-12(24-5)18(25-9-21)28-14(7-2)27-17-15(19-11(4)22)10(3)26-13(8-20)16(17)23/h9-10,12-18,20,23H,6-8H2,1-5H3,(H,19,22)/t10-,12?,13?,14+,15+,16+,17?,18?/m0/s1. The fraction of sp³-hybridized carbons (Fsp3) is 0.889. The van der Waals surface area contributed by atoms with Crippen molar-refractivity contribution < 1.29 is 43.5 Å². The highest BCUT2D eigenvalue weighted by molar-refractivity contribution is 5.73. The van der Waals surface area contributed by atoms with E-state index in [1.54, 1.807) is 13.8 Å². The molecule has 4 unspecified atom stereocenters. The fourth-order valence-corrected chi connectivity index (χ4v) is 3.16. The number of nitrogens with one attached hydrogen (secondary N) is 1. The van der Waals surface area contributed by atoms with Gasteiger partial charge in [-0.2, -0.15) is 0 Å². The van der Waals surface area contributed by atoms with Crippen LogP contribution in [0.5, 0.6) is 0 Å². The van der Waals surface area contributed by atoms with E-state index in [0.29, 0.717) is 12.8 Å². The summed E-state index contributed by atoms with van der Waals surface area (Å²) in [7, 11) is 1.48. The topological polar surface area (TPSA) is 133 Å². The summed E-state index contributed by atoms with van der Waals surface area (Å²) in [5.74, 6) is -0.315. The van der Waals surface area contributed by atoms with Gasteiger partial charge < -0.3 is 39.2 Å². The van der Waals surface area contributed by atoms with Gasteiger partial charge in [-0.15, -0.1) is 0 Å². The van der Waals surface area contributed by atoms with Crippen LogP contribution in [0.2, 0.25) is 0 Å². The van der Waals surface area contributed by atoms with Crippen LogP contribution < -0.4 is 5.32 Å². The van der Waals surface area contributed by atoms with Crippen molar-refractivity contribution in [1.29, 1.82) is 0 Å². The molecule has 1 rings (SSSR count). The van der Waals surface area contributed by atoms with Crippen LogP contribution in [0.4, 0.5) is 0 Å². The smallest absolute Gasteiger partial charge is 0.295 e. The highest BCUT2D eigenvalue weighted by Gasteiger charge is 2.45. The Morgan fingerprint density at radius 3 is 2.46 bits per heavy atom. The summed E-state index contributed by atoms with van der Waals surface area (Å²) in [4.78, 5) is 22.4. The highest BCUT2D eigenvalue weighted by atomic mass is 16.8. The van der Waals surface area contributed by atoms with Gasteiger partial charge in [-0.1, -0.05) is 13.8 Å². The predicted molar refractivity (Wildman–Crippen MR) is 97.1 cm³/mol. The van der Waals surface area contributed by atoms with E-state index in [0.717, 1.165) is 0 Å². The Labute approximate surface area is 165 Å². The first-order chi connectivity index (χ1) is 13.3. The van der Waals surface area contributed by atoms with Crippen molar-refractivity contribution in [3.63, 3.8) is 0 Å². The minimum Gasteiger partial charge on any atom is -0.435 e. The summed E-state index contributed by atoms with van der Waals surface area (Å²) >= 11 is 0. The van der Waals surface area contributed by atoms with Gasteiger partial charge in [-0.3, -0.25) is 9.59 Å². The van der Waals surface area contributed by atoms with Crippen LogP contribution in [-0.2, 0) is 33.3 Å². The second kappa shape index (κ2) is 12.3. The average Bonchev–Trinajstić information content (AvgIpc) is 2.66. The van der Waals surface area contributed by atoms with Crippen molar-refractivity contribution in [2.75, 3.05) is 13.7 Å². The Morgan fingerprint density at radius 2 is 2.00 bits per heavy atom. The molecule has 164 valence electrons. The lowest BCUT2D eigenvalue weighted by atomic mass is 9.93. The molecule has 1 aliphatic rings. The molecule has 1 heterocycles. The first-order valence-electron chi connectivity index (χ1n) is 9.47. The number of hydrogen-bond acceptors (Lipinski definition) is 9. The van der Waals surface area contributed by atoms with Crippen molar-refractivity contribution in [1.82, 2.24) is 5.32 Å². The molecule has 1 aliphatic heterocycles. The van der Waals surface area contributed by atoms with Crippen molar-refractivity contribution in [2.45, 2.75) is 89.7 Å². The molecule has 0 bridgehead atoms. The molecule has 3 N–H and O–H groups in total. The number of carbonyl (C=O) groups is 2. The van der Waals surface area contributed by atoms with Gasteiger partial charge in [0.05, 0.1) is 18.8 Å². The summed E-state index contributed by atoms with van der Waals surface area (Å²) in [5, 5.41) is 22.8. The number of hydrogen-bond donors (Lipinski definition) is 3. The van der Waals surface area contributed by atoms with Crippen LogP contribution in [-0.4, -0.2) is 85.5 Å². The van der Waals surface area contributed by atoms with E-state index in [1.807, 2.05) is 6.92 Å². The maximum absolute atomic E-state index is 11.6. The van der Waals surface area contributed by atoms with Gasteiger partial charge in [0.2, 0.25) is 12.2 Å². The SMILES string of the molecule is CCC(OC)C(OC=O)O[C@H](CC)OC1[C@H](O)C(CO)O[C@@H](C)[C@H]1NC(C)=O. The van der Waals surface area contributed by atoms with Gasteiger partial charge in [0.15, 0.2) is 6.29 Å². The Hall–Kier alpha value is -1.30. The monoisotopic (exact) mass is 407 g/mol. The normalized spacial score (nSPS) is 30.9. The van der Waals surface area contributed by atoms with Crippen LogP contribution in [0.15, 0.2) is 0 Å². The minimum absolute atomic E-state index is 0.270. The second-order valence-electron chi connectivity index (χ2n) is 6.64. The van der Waals surface area contributed by atoms with E-state index in [2.05, 4.69) is 5.32 Å². The lowest BCUT2D eigenvalue weighted by molar-refractivity contribution is -0.300. The second-order valence-corrected chi connectivity index (χ2v) is 6.64. The van der Waals surface area contributed by atoms with Gasteiger partial charge in [-0.25, -0.2) is 0 Å². The maximum atomic E-state index is 11.6. The zero-order chi connectivity index (χ0) is 21.3. The minimum atomic E-state index is -1.20. The van der Waals surface area contributed by atoms with Crippen LogP contribution in [0.3, 0.4) is 0 Å². The molecule has 0 saturated carbocycles. The Kier molecular flexibility index (Phi) is 10.9. The number of rotatable bonds is 12. The number of amides is 1. The molecule has 28 heavy (non-hydrogen) atoms. The molecule has 1 amide bonds. The van der Waals surface area contributed by atoms with Gasteiger partial charge in [-0.05, 0) is 19.8 Å². The summed E-state index contributed by atoms with van der Waals surface area (Å²) in [6.07, 6.45) is -4.97. The van der Waals surface area contributed by atoms with E-state index in [4.69, 9.17) is 23.7 Å². The Morgan fingerprint density at radius 1 is 1.32 bits per heavy atom. The van der Waals surface area contributed by atoms with Crippen molar-refractivity contribution in [2.24, 2.45) is 0 Å². The van der Waals surface area contributed by atoms with Crippen molar-refractivity contribution in [3.8, 4) is 0 Å². The van der Waals surface area contributed by atoms with E-state index in [9.17, 15) is 19.8 Å².